The third kappa shape index (κ3) is 7.39. The third-order valence-corrected chi connectivity index (χ3v) is 1.12. The summed E-state index contributed by atoms with van der Waals surface area (Å²) < 4.78 is 0. The van der Waals surface area contributed by atoms with Gasteiger partial charge in [-0.1, -0.05) is 19.8 Å². The first kappa shape index (κ1) is 9.39. The zero-order valence-electron chi connectivity index (χ0n) is 5.95. The lowest BCUT2D eigenvalue weighted by atomic mass is 10.5. The van der Waals surface area contributed by atoms with E-state index in [4.69, 9.17) is 10.2 Å². The molecule has 4 nitrogen and oxygen atoms in total. The summed E-state index contributed by atoms with van der Waals surface area (Å²) in [6, 6.07) is 0. The summed E-state index contributed by atoms with van der Waals surface area (Å²) in [6.45, 7) is 2.28. The van der Waals surface area contributed by atoms with Crippen LogP contribution in [0.15, 0.2) is 0 Å². The topological polar surface area (TPSA) is 83.5 Å². The SMILES string of the molecule is CC1CC1.NC(O)C(=O)O. The van der Waals surface area contributed by atoms with Gasteiger partial charge in [0.05, 0.1) is 0 Å². The van der Waals surface area contributed by atoms with Crippen LogP contribution in [0.5, 0.6) is 0 Å². The number of aliphatic hydroxyl groups excluding tert-OH is 1. The van der Waals surface area contributed by atoms with Gasteiger partial charge in [0, 0.05) is 0 Å². The molecule has 1 unspecified atom stereocenters. The van der Waals surface area contributed by atoms with Gasteiger partial charge in [0.25, 0.3) is 0 Å². The van der Waals surface area contributed by atoms with Crippen LogP contribution in [0.1, 0.15) is 19.8 Å². The predicted molar refractivity (Wildman–Crippen MR) is 36.2 cm³/mol. The molecule has 0 saturated heterocycles. The Kier molecular flexibility index (Phi) is 3.99. The van der Waals surface area contributed by atoms with Gasteiger partial charge in [-0.15, -0.1) is 0 Å². The molecule has 60 valence electrons. The van der Waals surface area contributed by atoms with E-state index in [-0.39, 0.29) is 0 Å². The Morgan fingerprint density at radius 3 is 1.90 bits per heavy atom. The van der Waals surface area contributed by atoms with Crippen LogP contribution in [0.25, 0.3) is 0 Å². The van der Waals surface area contributed by atoms with Crippen molar-refractivity contribution in [2.24, 2.45) is 11.7 Å². The third-order valence-electron chi connectivity index (χ3n) is 1.12. The number of carboxylic acids is 1. The van der Waals surface area contributed by atoms with Crippen molar-refractivity contribution in [3.63, 3.8) is 0 Å². The van der Waals surface area contributed by atoms with Gasteiger partial charge < -0.3 is 10.2 Å². The van der Waals surface area contributed by atoms with Gasteiger partial charge in [-0.2, -0.15) is 0 Å². The van der Waals surface area contributed by atoms with Gasteiger partial charge in [0.15, 0.2) is 0 Å². The summed E-state index contributed by atoms with van der Waals surface area (Å²) in [5.74, 6) is -0.324. The normalized spacial score (nSPS) is 18.7. The molecule has 1 fully saturated rings. The van der Waals surface area contributed by atoms with Gasteiger partial charge in [0.1, 0.15) is 0 Å². The molecular weight excluding hydrogens is 134 g/mol. The fourth-order valence-corrected chi connectivity index (χ4v) is 0.167. The van der Waals surface area contributed by atoms with Crippen molar-refractivity contribution in [1.29, 1.82) is 0 Å². The standard InChI is InChI=1S/C4H8.C2H5NO3/c1-4-2-3-4;3-1(4)2(5)6/h4H,2-3H2,1H3;1,4H,3H2,(H,5,6). The summed E-state index contributed by atoms with van der Waals surface area (Å²) in [5, 5.41) is 15.4. The molecule has 10 heavy (non-hydrogen) atoms. The molecule has 0 amide bonds. The van der Waals surface area contributed by atoms with Crippen molar-refractivity contribution in [3.05, 3.63) is 0 Å². The van der Waals surface area contributed by atoms with Crippen LogP contribution in [-0.2, 0) is 4.79 Å². The number of hydrogen-bond donors (Lipinski definition) is 3. The minimum atomic E-state index is -1.73. The molecule has 0 aromatic rings. The van der Waals surface area contributed by atoms with Crippen LogP contribution in [0.2, 0.25) is 0 Å². The summed E-state index contributed by atoms with van der Waals surface area (Å²) in [5.41, 5.74) is 4.39. The highest BCUT2D eigenvalue weighted by Crippen LogP contribution is 2.26. The molecule has 1 aliphatic carbocycles. The molecule has 1 atom stereocenters. The van der Waals surface area contributed by atoms with E-state index >= 15 is 0 Å². The van der Waals surface area contributed by atoms with Crippen molar-refractivity contribution in [3.8, 4) is 0 Å². The second kappa shape index (κ2) is 4.24. The molecule has 4 heteroatoms. The van der Waals surface area contributed by atoms with E-state index in [2.05, 4.69) is 12.7 Å². The van der Waals surface area contributed by atoms with E-state index in [0.29, 0.717) is 0 Å². The second-order valence-corrected chi connectivity index (χ2v) is 2.47. The van der Waals surface area contributed by atoms with Crippen molar-refractivity contribution >= 4 is 5.97 Å². The maximum absolute atomic E-state index is 9.32. The molecular formula is C6H13NO3. The summed E-state index contributed by atoms with van der Waals surface area (Å²) >= 11 is 0. The van der Waals surface area contributed by atoms with Crippen LogP contribution < -0.4 is 5.73 Å². The molecule has 0 aliphatic heterocycles. The van der Waals surface area contributed by atoms with E-state index < -0.39 is 12.2 Å². The minimum Gasteiger partial charge on any atom is -0.478 e. The van der Waals surface area contributed by atoms with Crippen LogP contribution in [0.4, 0.5) is 0 Å². The number of nitrogens with two attached hydrogens (primary N) is 1. The van der Waals surface area contributed by atoms with Crippen LogP contribution in [-0.4, -0.2) is 22.4 Å². The van der Waals surface area contributed by atoms with Crippen molar-refractivity contribution in [1.82, 2.24) is 0 Å². The first-order valence-electron chi connectivity index (χ1n) is 3.20. The first-order valence-corrected chi connectivity index (χ1v) is 3.20. The molecule has 1 saturated carbocycles. The van der Waals surface area contributed by atoms with E-state index in [1.54, 1.807) is 0 Å². The van der Waals surface area contributed by atoms with E-state index in [9.17, 15) is 4.79 Å². The molecule has 0 aromatic heterocycles. The average Bonchev–Trinajstić information content (AvgIpc) is 2.52. The zero-order chi connectivity index (χ0) is 8.15. The van der Waals surface area contributed by atoms with E-state index in [1.807, 2.05) is 0 Å². The Bertz CT molecular complexity index is 110. The fraction of sp³-hybridized carbons (Fsp3) is 0.833. The van der Waals surface area contributed by atoms with Gasteiger partial charge in [-0.25, -0.2) is 4.79 Å². The quantitative estimate of drug-likeness (QED) is 0.447. The van der Waals surface area contributed by atoms with Crippen LogP contribution in [0.3, 0.4) is 0 Å². The number of aliphatic hydroxyl groups is 1. The Labute approximate surface area is 59.7 Å². The smallest absolute Gasteiger partial charge is 0.347 e. The monoisotopic (exact) mass is 147 g/mol. The Balaban J connectivity index is 0.000000172. The lowest BCUT2D eigenvalue weighted by Gasteiger charge is -1.89. The zero-order valence-corrected chi connectivity index (χ0v) is 5.95. The minimum absolute atomic E-state index is 1.08. The molecule has 0 aromatic carbocycles. The Morgan fingerprint density at radius 2 is 1.90 bits per heavy atom. The van der Waals surface area contributed by atoms with Crippen LogP contribution in [0, 0.1) is 5.92 Å². The number of hydrogen-bond acceptors (Lipinski definition) is 3. The first-order chi connectivity index (χ1) is 4.54. The highest BCUT2D eigenvalue weighted by Gasteiger charge is 2.12. The molecule has 1 aliphatic rings. The summed E-state index contributed by atoms with van der Waals surface area (Å²) in [6.07, 6.45) is 1.24. The van der Waals surface area contributed by atoms with Gasteiger partial charge in [-0.05, 0) is 5.92 Å². The van der Waals surface area contributed by atoms with Crippen molar-refractivity contribution in [2.45, 2.75) is 26.0 Å². The average molecular weight is 147 g/mol. The van der Waals surface area contributed by atoms with E-state index in [1.165, 1.54) is 12.8 Å². The lowest BCUT2D eigenvalue weighted by molar-refractivity contribution is -0.146. The predicted octanol–water partition coefficient (Wildman–Crippen LogP) is -0.236. The fourth-order valence-electron chi connectivity index (χ4n) is 0.167. The van der Waals surface area contributed by atoms with E-state index in [0.717, 1.165) is 5.92 Å². The lowest BCUT2D eigenvalue weighted by Crippen LogP contribution is -2.28. The van der Waals surface area contributed by atoms with Gasteiger partial charge in [-0.3, -0.25) is 5.73 Å². The maximum Gasteiger partial charge on any atom is 0.347 e. The summed E-state index contributed by atoms with van der Waals surface area (Å²) in [4.78, 5) is 9.32. The van der Waals surface area contributed by atoms with Crippen molar-refractivity contribution < 1.29 is 15.0 Å². The number of carboxylic acid groups (broad SMARTS) is 1. The highest BCUT2D eigenvalue weighted by atomic mass is 16.4. The molecule has 4 N–H and O–H groups in total. The number of aliphatic carboxylic acids is 1. The number of rotatable bonds is 1. The Morgan fingerprint density at radius 1 is 1.70 bits per heavy atom. The van der Waals surface area contributed by atoms with Gasteiger partial charge in [0.2, 0.25) is 6.23 Å². The second-order valence-electron chi connectivity index (χ2n) is 2.47. The highest BCUT2D eigenvalue weighted by molar-refractivity contribution is 5.70. The van der Waals surface area contributed by atoms with Gasteiger partial charge >= 0.3 is 5.97 Å². The Hall–Kier alpha value is -0.610. The molecule has 0 bridgehead atoms. The van der Waals surface area contributed by atoms with Crippen LogP contribution >= 0.6 is 0 Å². The molecule has 1 rings (SSSR count). The molecule has 0 spiro atoms. The van der Waals surface area contributed by atoms with Crippen molar-refractivity contribution in [2.75, 3.05) is 0 Å². The summed E-state index contributed by atoms with van der Waals surface area (Å²) in [7, 11) is 0. The largest absolute Gasteiger partial charge is 0.478 e. The molecule has 0 heterocycles. The maximum atomic E-state index is 9.32. The molecule has 0 radical (unpaired) electrons. The number of carbonyl (C=O) groups is 1.